The normalized spacial score (nSPS) is 35.9. The molecule has 0 amide bonds. The molecule has 5 heteroatoms. The maximum atomic E-state index is 12.4. The van der Waals surface area contributed by atoms with Gasteiger partial charge in [0.05, 0.1) is 23.7 Å². The minimum atomic E-state index is -0.840. The van der Waals surface area contributed by atoms with E-state index in [1.165, 1.54) is 0 Å². The maximum Gasteiger partial charge on any atom is 0.0736 e. The summed E-state index contributed by atoms with van der Waals surface area (Å²) in [5.74, 6) is 0.677. The molecule has 2 fully saturated rings. The molecule has 0 aromatic rings. The average molecular weight is 261 g/mol. The van der Waals surface area contributed by atoms with E-state index in [1.54, 1.807) is 0 Å². The van der Waals surface area contributed by atoms with Crippen molar-refractivity contribution < 1.29 is 13.7 Å². The van der Waals surface area contributed by atoms with Gasteiger partial charge in [-0.15, -0.1) is 0 Å². The fourth-order valence-corrected chi connectivity index (χ4v) is 4.27. The van der Waals surface area contributed by atoms with Crippen LogP contribution in [0.1, 0.15) is 26.2 Å². The number of nitrogens with one attached hydrogen (secondary N) is 1. The van der Waals surface area contributed by atoms with Crippen LogP contribution in [0.5, 0.6) is 0 Å². The fourth-order valence-electron chi connectivity index (χ4n) is 2.55. The zero-order chi connectivity index (χ0) is 12.1. The van der Waals surface area contributed by atoms with Gasteiger partial charge in [0.25, 0.3) is 0 Å². The molecule has 2 aliphatic heterocycles. The molecule has 100 valence electrons. The highest BCUT2D eigenvalue weighted by Crippen LogP contribution is 2.18. The SMILES string of the molecule is CCNC1CCOCC1S(=O)CC1CCCO1. The third-order valence-electron chi connectivity index (χ3n) is 3.48. The minimum Gasteiger partial charge on any atom is -0.380 e. The summed E-state index contributed by atoms with van der Waals surface area (Å²) in [5.41, 5.74) is 0. The Morgan fingerprint density at radius 1 is 1.35 bits per heavy atom. The van der Waals surface area contributed by atoms with Crippen LogP contribution in [0.3, 0.4) is 0 Å². The third-order valence-corrected chi connectivity index (χ3v) is 5.32. The number of rotatable bonds is 5. The van der Waals surface area contributed by atoms with Crippen molar-refractivity contribution >= 4 is 10.8 Å². The van der Waals surface area contributed by atoms with Gasteiger partial charge >= 0.3 is 0 Å². The van der Waals surface area contributed by atoms with Crippen molar-refractivity contribution in [2.45, 2.75) is 43.6 Å². The van der Waals surface area contributed by atoms with Gasteiger partial charge in [0.2, 0.25) is 0 Å². The standard InChI is InChI=1S/C12H23NO3S/c1-2-13-11-5-7-15-8-12(11)17(14)9-10-4-3-6-16-10/h10-13H,2-9H2,1H3. The van der Waals surface area contributed by atoms with Gasteiger partial charge < -0.3 is 14.8 Å². The Bertz CT molecular complexity index is 254. The first-order valence-corrected chi connectivity index (χ1v) is 7.99. The van der Waals surface area contributed by atoms with E-state index in [2.05, 4.69) is 12.2 Å². The van der Waals surface area contributed by atoms with Crippen molar-refractivity contribution in [3.05, 3.63) is 0 Å². The number of ether oxygens (including phenoxy) is 2. The lowest BCUT2D eigenvalue weighted by Gasteiger charge is -2.31. The first-order chi connectivity index (χ1) is 8.31. The van der Waals surface area contributed by atoms with Gasteiger partial charge in [0.15, 0.2) is 0 Å². The van der Waals surface area contributed by atoms with Crippen LogP contribution in [-0.4, -0.2) is 53.7 Å². The summed E-state index contributed by atoms with van der Waals surface area (Å²) >= 11 is 0. The second-order valence-corrected chi connectivity index (χ2v) is 6.45. The highest BCUT2D eigenvalue weighted by Gasteiger charge is 2.32. The van der Waals surface area contributed by atoms with Gasteiger partial charge in [0, 0.05) is 30.1 Å². The van der Waals surface area contributed by atoms with Crippen LogP contribution in [0, 0.1) is 0 Å². The van der Waals surface area contributed by atoms with Crippen LogP contribution in [0.4, 0.5) is 0 Å². The Kier molecular flexibility index (Phi) is 5.41. The summed E-state index contributed by atoms with van der Waals surface area (Å²) in [6, 6.07) is 0.344. The average Bonchev–Trinajstić information content (AvgIpc) is 2.83. The van der Waals surface area contributed by atoms with Crippen LogP contribution < -0.4 is 5.32 Å². The highest BCUT2D eigenvalue weighted by atomic mass is 32.2. The predicted molar refractivity (Wildman–Crippen MR) is 68.7 cm³/mol. The Morgan fingerprint density at radius 2 is 2.24 bits per heavy atom. The van der Waals surface area contributed by atoms with Gasteiger partial charge in [-0.05, 0) is 25.8 Å². The van der Waals surface area contributed by atoms with Crippen LogP contribution in [0.15, 0.2) is 0 Å². The molecular formula is C12H23NO3S. The van der Waals surface area contributed by atoms with E-state index in [4.69, 9.17) is 9.47 Å². The summed E-state index contributed by atoms with van der Waals surface area (Å²) in [4.78, 5) is 0. The molecule has 0 aromatic heterocycles. The van der Waals surface area contributed by atoms with Crippen molar-refractivity contribution in [2.75, 3.05) is 32.1 Å². The van der Waals surface area contributed by atoms with E-state index in [-0.39, 0.29) is 11.4 Å². The molecule has 2 rings (SSSR count). The van der Waals surface area contributed by atoms with Gasteiger partial charge in [-0.25, -0.2) is 0 Å². The van der Waals surface area contributed by atoms with E-state index < -0.39 is 10.8 Å². The van der Waals surface area contributed by atoms with E-state index >= 15 is 0 Å². The molecule has 0 aliphatic carbocycles. The van der Waals surface area contributed by atoms with Crippen LogP contribution >= 0.6 is 0 Å². The van der Waals surface area contributed by atoms with Crippen LogP contribution in [-0.2, 0) is 20.3 Å². The van der Waals surface area contributed by atoms with Crippen LogP contribution in [0.25, 0.3) is 0 Å². The van der Waals surface area contributed by atoms with Gasteiger partial charge in [-0.3, -0.25) is 4.21 Å². The molecule has 4 nitrogen and oxygen atoms in total. The molecule has 2 aliphatic rings. The van der Waals surface area contributed by atoms with Crippen molar-refractivity contribution in [2.24, 2.45) is 0 Å². The Morgan fingerprint density at radius 3 is 2.94 bits per heavy atom. The Balaban J connectivity index is 1.86. The molecule has 0 aromatic carbocycles. The summed E-state index contributed by atoms with van der Waals surface area (Å²) in [7, 11) is -0.840. The van der Waals surface area contributed by atoms with Crippen LogP contribution in [0.2, 0.25) is 0 Å². The monoisotopic (exact) mass is 261 g/mol. The quantitative estimate of drug-likeness (QED) is 0.791. The molecule has 0 spiro atoms. The zero-order valence-electron chi connectivity index (χ0n) is 10.5. The number of hydrogen-bond acceptors (Lipinski definition) is 4. The van der Waals surface area contributed by atoms with Crippen molar-refractivity contribution in [3.8, 4) is 0 Å². The Labute approximate surface area is 106 Å². The molecule has 17 heavy (non-hydrogen) atoms. The van der Waals surface area contributed by atoms with Crippen molar-refractivity contribution in [3.63, 3.8) is 0 Å². The Hall–Kier alpha value is 0.0300. The number of hydrogen-bond donors (Lipinski definition) is 1. The van der Waals surface area contributed by atoms with Crippen molar-refractivity contribution in [1.82, 2.24) is 5.32 Å². The summed E-state index contributed by atoms with van der Waals surface area (Å²) < 4.78 is 23.4. The summed E-state index contributed by atoms with van der Waals surface area (Å²) in [6.07, 6.45) is 3.35. The molecule has 2 saturated heterocycles. The van der Waals surface area contributed by atoms with E-state index in [9.17, 15) is 4.21 Å². The molecule has 0 saturated carbocycles. The fraction of sp³-hybridized carbons (Fsp3) is 1.00. The van der Waals surface area contributed by atoms with E-state index in [0.717, 1.165) is 39.0 Å². The smallest absolute Gasteiger partial charge is 0.0736 e. The summed E-state index contributed by atoms with van der Waals surface area (Å²) in [6.45, 7) is 5.26. The van der Waals surface area contributed by atoms with Gasteiger partial charge in [-0.2, -0.15) is 0 Å². The van der Waals surface area contributed by atoms with E-state index in [0.29, 0.717) is 18.4 Å². The van der Waals surface area contributed by atoms with E-state index in [1.807, 2.05) is 0 Å². The summed E-state index contributed by atoms with van der Waals surface area (Å²) in [5, 5.41) is 3.56. The second kappa shape index (κ2) is 6.83. The highest BCUT2D eigenvalue weighted by molar-refractivity contribution is 7.85. The molecule has 2 heterocycles. The lowest BCUT2D eigenvalue weighted by Crippen LogP contribution is -2.49. The molecule has 4 unspecified atom stereocenters. The largest absolute Gasteiger partial charge is 0.380 e. The van der Waals surface area contributed by atoms with Gasteiger partial charge in [0.1, 0.15) is 0 Å². The topological polar surface area (TPSA) is 47.6 Å². The lowest BCUT2D eigenvalue weighted by molar-refractivity contribution is 0.0817. The molecule has 0 radical (unpaired) electrons. The first-order valence-electron chi connectivity index (χ1n) is 6.61. The van der Waals surface area contributed by atoms with Gasteiger partial charge in [-0.1, -0.05) is 6.92 Å². The maximum absolute atomic E-state index is 12.4. The second-order valence-electron chi connectivity index (χ2n) is 4.75. The first kappa shape index (κ1) is 13.5. The molecule has 4 atom stereocenters. The third kappa shape index (κ3) is 3.74. The molecular weight excluding hydrogens is 238 g/mol. The predicted octanol–water partition coefficient (Wildman–Crippen LogP) is 0.681. The molecule has 1 N–H and O–H groups in total. The zero-order valence-corrected chi connectivity index (χ0v) is 11.3. The van der Waals surface area contributed by atoms with Crippen molar-refractivity contribution in [1.29, 1.82) is 0 Å². The lowest BCUT2D eigenvalue weighted by atomic mass is 10.1. The minimum absolute atomic E-state index is 0.132. The molecule has 0 bridgehead atoms.